The van der Waals surface area contributed by atoms with E-state index in [-0.39, 0.29) is 5.75 Å². The number of esters is 1. The van der Waals surface area contributed by atoms with Gasteiger partial charge in [-0.1, -0.05) is 18.7 Å². The zero-order valence-corrected chi connectivity index (χ0v) is 7.82. The number of carbonyl (C=O) groups excluding carboxylic acids is 2. The second-order valence-corrected chi connectivity index (χ2v) is 2.83. The fourth-order valence-corrected chi connectivity index (χ4v) is 0.858. The Balaban J connectivity index is 2.91. The van der Waals surface area contributed by atoms with Crippen LogP contribution < -0.4 is 4.74 Å². The molecule has 0 heterocycles. The van der Waals surface area contributed by atoms with Gasteiger partial charge in [-0.3, -0.25) is 4.79 Å². The first kappa shape index (κ1) is 10.2. The highest BCUT2D eigenvalue weighted by molar-refractivity contribution is 5.90. The second kappa shape index (κ2) is 4.37. The molecule has 72 valence electrons. The predicted octanol–water partition coefficient (Wildman–Crippen LogP) is 1.98. The SMILES string of the molecule is C=C(C)C(=O)Oc1ccccc1C=O. The molecule has 0 aliphatic carbocycles. The quantitative estimate of drug-likeness (QED) is 0.317. The molecule has 3 nitrogen and oxygen atoms in total. The van der Waals surface area contributed by atoms with Crippen molar-refractivity contribution in [1.29, 1.82) is 0 Å². The molecule has 0 amide bonds. The van der Waals surface area contributed by atoms with Crippen molar-refractivity contribution >= 4 is 12.3 Å². The monoisotopic (exact) mass is 190 g/mol. The van der Waals surface area contributed by atoms with Crippen LogP contribution in [-0.4, -0.2) is 12.3 Å². The minimum atomic E-state index is -0.528. The summed E-state index contributed by atoms with van der Waals surface area (Å²) >= 11 is 0. The van der Waals surface area contributed by atoms with Crippen molar-refractivity contribution in [2.45, 2.75) is 6.92 Å². The molecule has 0 aromatic heterocycles. The molecule has 1 aromatic carbocycles. The number of hydrogen-bond donors (Lipinski definition) is 0. The molecule has 0 radical (unpaired) electrons. The number of aldehydes is 1. The predicted molar refractivity (Wildman–Crippen MR) is 52.3 cm³/mol. The van der Waals surface area contributed by atoms with Crippen molar-refractivity contribution < 1.29 is 14.3 Å². The lowest BCUT2D eigenvalue weighted by Crippen LogP contribution is -2.09. The largest absolute Gasteiger partial charge is 0.422 e. The Hall–Kier alpha value is -1.90. The Labute approximate surface area is 82.0 Å². The second-order valence-electron chi connectivity index (χ2n) is 2.83. The number of para-hydroxylation sites is 1. The number of carbonyl (C=O) groups is 2. The number of benzene rings is 1. The van der Waals surface area contributed by atoms with Crippen molar-refractivity contribution in [3.63, 3.8) is 0 Å². The average Bonchev–Trinajstić information content (AvgIpc) is 2.18. The molecule has 14 heavy (non-hydrogen) atoms. The molecule has 0 aliphatic heterocycles. The van der Waals surface area contributed by atoms with Gasteiger partial charge in [-0.05, 0) is 19.1 Å². The van der Waals surface area contributed by atoms with Crippen LogP contribution in [0.4, 0.5) is 0 Å². The van der Waals surface area contributed by atoms with E-state index in [2.05, 4.69) is 6.58 Å². The van der Waals surface area contributed by atoms with Crippen molar-refractivity contribution in [3.8, 4) is 5.75 Å². The number of hydrogen-bond acceptors (Lipinski definition) is 3. The van der Waals surface area contributed by atoms with Crippen LogP contribution in [0, 0.1) is 0 Å². The first-order valence-corrected chi connectivity index (χ1v) is 4.07. The van der Waals surface area contributed by atoms with Gasteiger partial charge < -0.3 is 4.74 Å². The van der Waals surface area contributed by atoms with E-state index in [4.69, 9.17) is 4.74 Å². The first-order valence-electron chi connectivity index (χ1n) is 4.07. The van der Waals surface area contributed by atoms with Crippen LogP contribution in [0.1, 0.15) is 17.3 Å². The fraction of sp³-hybridized carbons (Fsp3) is 0.0909. The van der Waals surface area contributed by atoms with Gasteiger partial charge in [0.25, 0.3) is 0 Å². The molecular weight excluding hydrogens is 180 g/mol. The van der Waals surface area contributed by atoms with Gasteiger partial charge >= 0.3 is 5.97 Å². The van der Waals surface area contributed by atoms with Gasteiger partial charge in [0, 0.05) is 5.57 Å². The van der Waals surface area contributed by atoms with Crippen LogP contribution in [0.15, 0.2) is 36.4 Å². The molecule has 0 fully saturated rings. The van der Waals surface area contributed by atoms with Crippen LogP contribution in [0.3, 0.4) is 0 Å². The van der Waals surface area contributed by atoms with Gasteiger partial charge in [-0.15, -0.1) is 0 Å². The topological polar surface area (TPSA) is 43.4 Å². The van der Waals surface area contributed by atoms with Crippen molar-refractivity contribution in [3.05, 3.63) is 42.0 Å². The molecule has 3 heteroatoms. The lowest BCUT2D eigenvalue weighted by Gasteiger charge is -2.04. The minimum absolute atomic E-state index is 0.260. The Morgan fingerprint density at radius 2 is 2.07 bits per heavy atom. The third-order valence-corrected chi connectivity index (χ3v) is 1.60. The molecule has 0 unspecified atom stereocenters. The molecule has 0 spiro atoms. The molecule has 0 bridgehead atoms. The third-order valence-electron chi connectivity index (χ3n) is 1.60. The van der Waals surface area contributed by atoms with E-state index in [1.807, 2.05) is 0 Å². The van der Waals surface area contributed by atoms with Crippen LogP contribution in [0.5, 0.6) is 5.75 Å². The standard InChI is InChI=1S/C11H10O3/c1-8(2)11(13)14-10-6-4-3-5-9(10)7-12/h3-7H,1H2,2H3. The highest BCUT2D eigenvalue weighted by Crippen LogP contribution is 2.16. The summed E-state index contributed by atoms with van der Waals surface area (Å²) < 4.78 is 4.93. The fourth-order valence-electron chi connectivity index (χ4n) is 0.858. The molecular formula is C11H10O3. The van der Waals surface area contributed by atoms with Gasteiger partial charge in [0.1, 0.15) is 5.75 Å². The van der Waals surface area contributed by atoms with E-state index in [1.54, 1.807) is 31.2 Å². The molecule has 0 saturated heterocycles. The lowest BCUT2D eigenvalue weighted by molar-refractivity contribution is -0.130. The van der Waals surface area contributed by atoms with Crippen molar-refractivity contribution in [1.82, 2.24) is 0 Å². The van der Waals surface area contributed by atoms with Gasteiger partial charge in [0.05, 0.1) is 5.56 Å². The van der Waals surface area contributed by atoms with Crippen molar-refractivity contribution in [2.75, 3.05) is 0 Å². The molecule has 0 atom stereocenters. The van der Waals surface area contributed by atoms with Gasteiger partial charge in [-0.25, -0.2) is 4.79 Å². The highest BCUT2D eigenvalue weighted by Gasteiger charge is 2.08. The van der Waals surface area contributed by atoms with E-state index in [9.17, 15) is 9.59 Å². The summed E-state index contributed by atoms with van der Waals surface area (Å²) in [5, 5.41) is 0. The van der Waals surface area contributed by atoms with Crippen LogP contribution >= 0.6 is 0 Å². The van der Waals surface area contributed by atoms with E-state index >= 15 is 0 Å². The lowest BCUT2D eigenvalue weighted by atomic mass is 10.2. The molecule has 0 saturated carbocycles. The summed E-state index contributed by atoms with van der Waals surface area (Å²) in [6.07, 6.45) is 0.640. The summed E-state index contributed by atoms with van der Waals surface area (Å²) in [5.41, 5.74) is 0.646. The summed E-state index contributed by atoms with van der Waals surface area (Å²) in [4.78, 5) is 21.7. The summed E-state index contributed by atoms with van der Waals surface area (Å²) in [7, 11) is 0. The van der Waals surface area contributed by atoms with E-state index < -0.39 is 5.97 Å². The maximum Gasteiger partial charge on any atom is 0.338 e. The first-order chi connectivity index (χ1) is 6.65. The Kier molecular flexibility index (Phi) is 3.18. The molecule has 1 aromatic rings. The summed E-state index contributed by atoms with van der Waals surface area (Å²) in [6, 6.07) is 6.52. The van der Waals surface area contributed by atoms with Crippen LogP contribution in [-0.2, 0) is 4.79 Å². The number of ether oxygens (including phenoxy) is 1. The van der Waals surface area contributed by atoms with Crippen molar-refractivity contribution in [2.24, 2.45) is 0 Å². The molecule has 0 aliphatic rings. The van der Waals surface area contributed by atoms with E-state index in [0.717, 1.165) is 0 Å². The maximum absolute atomic E-state index is 11.1. The van der Waals surface area contributed by atoms with Crippen LogP contribution in [0.2, 0.25) is 0 Å². The smallest absolute Gasteiger partial charge is 0.338 e. The normalized spacial score (nSPS) is 9.21. The van der Waals surface area contributed by atoms with Crippen LogP contribution in [0.25, 0.3) is 0 Å². The third kappa shape index (κ3) is 2.29. The van der Waals surface area contributed by atoms with Gasteiger partial charge in [0.2, 0.25) is 0 Å². The Morgan fingerprint density at radius 1 is 1.43 bits per heavy atom. The summed E-state index contributed by atoms with van der Waals surface area (Å²) in [5.74, 6) is -0.269. The zero-order chi connectivity index (χ0) is 10.6. The number of rotatable bonds is 3. The highest BCUT2D eigenvalue weighted by atomic mass is 16.5. The summed E-state index contributed by atoms with van der Waals surface area (Å²) in [6.45, 7) is 4.99. The van der Waals surface area contributed by atoms with E-state index in [0.29, 0.717) is 17.4 Å². The Morgan fingerprint density at radius 3 is 2.64 bits per heavy atom. The minimum Gasteiger partial charge on any atom is -0.422 e. The van der Waals surface area contributed by atoms with Gasteiger partial charge in [0.15, 0.2) is 6.29 Å². The molecule has 1 rings (SSSR count). The Bertz CT molecular complexity index is 380. The average molecular weight is 190 g/mol. The van der Waals surface area contributed by atoms with Gasteiger partial charge in [-0.2, -0.15) is 0 Å². The maximum atomic E-state index is 11.1. The molecule has 0 N–H and O–H groups in total. The zero-order valence-electron chi connectivity index (χ0n) is 7.82. The van der Waals surface area contributed by atoms with E-state index in [1.165, 1.54) is 0 Å².